The Morgan fingerprint density at radius 2 is 1.67 bits per heavy atom. The first-order valence-electron chi connectivity index (χ1n) is 7.72. The van der Waals surface area contributed by atoms with Crippen molar-refractivity contribution in [2.75, 3.05) is 11.9 Å². The summed E-state index contributed by atoms with van der Waals surface area (Å²) in [5, 5.41) is 5.90. The topological polar surface area (TPSA) is 50.4 Å². The number of rotatable bonds is 4. The van der Waals surface area contributed by atoms with Gasteiger partial charge in [-0.15, -0.1) is 0 Å². The van der Waals surface area contributed by atoms with Crippen LogP contribution >= 0.6 is 12.2 Å². The molecule has 0 unspecified atom stereocenters. The first kappa shape index (κ1) is 17.9. The van der Waals surface area contributed by atoms with Crippen LogP contribution in [0.15, 0.2) is 36.4 Å². The van der Waals surface area contributed by atoms with Crippen LogP contribution in [-0.4, -0.2) is 17.6 Å². The fraction of sp³-hybridized carbons (Fsp3) is 0.263. The van der Waals surface area contributed by atoms with Gasteiger partial charge in [-0.1, -0.05) is 18.2 Å². The third-order valence-corrected chi connectivity index (χ3v) is 3.64. The van der Waals surface area contributed by atoms with E-state index < -0.39 is 0 Å². The molecule has 4 nitrogen and oxygen atoms in total. The van der Waals surface area contributed by atoms with Crippen molar-refractivity contribution in [3.05, 3.63) is 58.7 Å². The Bertz CT molecular complexity index is 752. The molecule has 0 bridgehead atoms. The number of nitrogens with one attached hydrogen (secondary N) is 2. The van der Waals surface area contributed by atoms with Crippen molar-refractivity contribution in [2.45, 2.75) is 27.7 Å². The highest BCUT2D eigenvalue weighted by atomic mass is 32.1. The number of ether oxygens (including phenoxy) is 1. The second-order valence-corrected chi connectivity index (χ2v) is 6.34. The van der Waals surface area contributed by atoms with Gasteiger partial charge in [0.25, 0.3) is 5.91 Å². The van der Waals surface area contributed by atoms with Gasteiger partial charge in [-0.3, -0.25) is 10.1 Å². The minimum atomic E-state index is -0.294. The van der Waals surface area contributed by atoms with E-state index in [1.165, 1.54) is 0 Å². The van der Waals surface area contributed by atoms with Crippen LogP contribution in [-0.2, 0) is 4.79 Å². The Hall–Kier alpha value is -2.40. The van der Waals surface area contributed by atoms with E-state index in [4.69, 9.17) is 17.0 Å². The van der Waals surface area contributed by atoms with E-state index in [1.807, 2.05) is 58.0 Å². The molecule has 2 aromatic rings. The zero-order valence-electron chi connectivity index (χ0n) is 14.4. The number of hydrogen-bond donors (Lipinski definition) is 2. The summed E-state index contributed by atoms with van der Waals surface area (Å²) in [6.45, 7) is 7.86. The molecule has 24 heavy (non-hydrogen) atoms. The third-order valence-electron chi connectivity index (χ3n) is 3.43. The van der Waals surface area contributed by atoms with Gasteiger partial charge >= 0.3 is 0 Å². The van der Waals surface area contributed by atoms with E-state index in [0.29, 0.717) is 5.75 Å². The Balaban J connectivity index is 1.87. The average Bonchev–Trinajstić information content (AvgIpc) is 2.47. The van der Waals surface area contributed by atoms with Crippen molar-refractivity contribution in [1.29, 1.82) is 0 Å². The highest BCUT2D eigenvalue weighted by Crippen LogP contribution is 2.18. The third kappa shape index (κ3) is 5.35. The number of carbonyl (C=O) groups excluding carboxylic acids is 1. The van der Waals surface area contributed by atoms with Gasteiger partial charge in [-0.05, 0) is 80.4 Å². The number of thiocarbonyl (C=S) groups is 1. The van der Waals surface area contributed by atoms with Gasteiger partial charge in [0.05, 0.1) is 0 Å². The van der Waals surface area contributed by atoms with Crippen LogP contribution in [0.5, 0.6) is 5.75 Å². The van der Waals surface area contributed by atoms with E-state index in [0.717, 1.165) is 27.9 Å². The number of anilines is 1. The van der Waals surface area contributed by atoms with Gasteiger partial charge in [0.15, 0.2) is 11.7 Å². The first-order valence-corrected chi connectivity index (χ1v) is 8.13. The quantitative estimate of drug-likeness (QED) is 0.830. The summed E-state index contributed by atoms with van der Waals surface area (Å²) in [6.07, 6.45) is 0. The standard InChI is InChI=1S/C19H22N2O2S/c1-12-5-6-15(4)17(10-12)23-11-18(22)21-19(24)20-16-8-13(2)7-14(3)9-16/h5-10H,11H2,1-4H3,(H2,20,21,22,24). The van der Waals surface area contributed by atoms with Crippen LogP contribution in [0, 0.1) is 27.7 Å². The molecular formula is C19H22N2O2S. The Labute approximate surface area is 148 Å². The van der Waals surface area contributed by atoms with Crippen molar-refractivity contribution in [3.8, 4) is 5.75 Å². The molecular weight excluding hydrogens is 320 g/mol. The Kier molecular flexibility index (Phi) is 5.93. The van der Waals surface area contributed by atoms with Crippen molar-refractivity contribution in [1.82, 2.24) is 5.32 Å². The van der Waals surface area contributed by atoms with Gasteiger partial charge < -0.3 is 10.1 Å². The molecule has 2 aromatic carbocycles. The SMILES string of the molecule is Cc1cc(C)cc(NC(=S)NC(=O)COc2cc(C)ccc2C)c1. The van der Waals surface area contributed by atoms with E-state index in [-0.39, 0.29) is 17.6 Å². The predicted octanol–water partition coefficient (Wildman–Crippen LogP) is 3.81. The molecule has 1 amide bonds. The second kappa shape index (κ2) is 7.93. The van der Waals surface area contributed by atoms with Crippen LogP contribution in [0.4, 0.5) is 5.69 Å². The number of benzene rings is 2. The first-order chi connectivity index (χ1) is 11.3. The summed E-state index contributed by atoms with van der Waals surface area (Å²) < 4.78 is 5.57. The van der Waals surface area contributed by atoms with Gasteiger partial charge in [0, 0.05) is 5.69 Å². The summed E-state index contributed by atoms with van der Waals surface area (Å²) in [4.78, 5) is 12.0. The lowest BCUT2D eigenvalue weighted by Gasteiger charge is -2.12. The fourth-order valence-corrected chi connectivity index (χ4v) is 2.61. The largest absolute Gasteiger partial charge is 0.483 e. The maximum absolute atomic E-state index is 12.0. The lowest BCUT2D eigenvalue weighted by molar-refractivity contribution is -0.121. The Morgan fingerprint density at radius 1 is 1.00 bits per heavy atom. The summed E-state index contributed by atoms with van der Waals surface area (Å²) in [5.41, 5.74) is 5.19. The maximum atomic E-state index is 12.0. The zero-order chi connectivity index (χ0) is 17.7. The van der Waals surface area contributed by atoms with Crippen LogP contribution in [0.1, 0.15) is 22.3 Å². The summed E-state index contributed by atoms with van der Waals surface area (Å²) in [6, 6.07) is 11.9. The second-order valence-electron chi connectivity index (χ2n) is 5.94. The van der Waals surface area contributed by atoms with Crippen molar-refractivity contribution < 1.29 is 9.53 Å². The van der Waals surface area contributed by atoms with Gasteiger partial charge in [0.2, 0.25) is 0 Å². The molecule has 0 aliphatic rings. The number of hydrogen-bond acceptors (Lipinski definition) is 3. The molecule has 0 saturated carbocycles. The lowest BCUT2D eigenvalue weighted by atomic mass is 10.1. The lowest BCUT2D eigenvalue weighted by Crippen LogP contribution is -2.37. The molecule has 126 valence electrons. The number of carbonyl (C=O) groups is 1. The monoisotopic (exact) mass is 342 g/mol. The van der Waals surface area contributed by atoms with Gasteiger partial charge in [-0.25, -0.2) is 0 Å². The normalized spacial score (nSPS) is 10.2. The number of amides is 1. The molecule has 0 aliphatic heterocycles. The van der Waals surface area contributed by atoms with Gasteiger partial charge in [0.1, 0.15) is 5.75 Å². The number of aryl methyl sites for hydroxylation is 4. The van der Waals surface area contributed by atoms with Crippen molar-refractivity contribution >= 4 is 28.9 Å². The van der Waals surface area contributed by atoms with Crippen LogP contribution in [0.25, 0.3) is 0 Å². The molecule has 0 aliphatic carbocycles. The molecule has 0 aromatic heterocycles. The molecule has 2 N–H and O–H groups in total. The summed E-state index contributed by atoms with van der Waals surface area (Å²) in [5.74, 6) is 0.413. The molecule has 0 radical (unpaired) electrons. The maximum Gasteiger partial charge on any atom is 0.264 e. The van der Waals surface area contributed by atoms with Crippen LogP contribution in [0.3, 0.4) is 0 Å². The summed E-state index contributed by atoms with van der Waals surface area (Å²) >= 11 is 5.18. The highest BCUT2D eigenvalue weighted by molar-refractivity contribution is 7.80. The van der Waals surface area contributed by atoms with E-state index in [1.54, 1.807) is 0 Å². The minimum absolute atomic E-state index is 0.0844. The van der Waals surface area contributed by atoms with Gasteiger partial charge in [-0.2, -0.15) is 0 Å². The fourth-order valence-electron chi connectivity index (χ4n) is 2.38. The van der Waals surface area contributed by atoms with E-state index >= 15 is 0 Å². The summed E-state index contributed by atoms with van der Waals surface area (Å²) in [7, 11) is 0. The Morgan fingerprint density at radius 3 is 2.33 bits per heavy atom. The van der Waals surface area contributed by atoms with E-state index in [2.05, 4.69) is 16.7 Å². The zero-order valence-corrected chi connectivity index (χ0v) is 15.2. The van der Waals surface area contributed by atoms with Crippen molar-refractivity contribution in [2.24, 2.45) is 0 Å². The smallest absolute Gasteiger partial charge is 0.264 e. The minimum Gasteiger partial charge on any atom is -0.483 e. The molecule has 0 atom stereocenters. The molecule has 0 saturated heterocycles. The van der Waals surface area contributed by atoms with Crippen LogP contribution < -0.4 is 15.4 Å². The van der Waals surface area contributed by atoms with Crippen molar-refractivity contribution in [3.63, 3.8) is 0 Å². The molecule has 0 heterocycles. The van der Waals surface area contributed by atoms with E-state index in [9.17, 15) is 4.79 Å². The highest BCUT2D eigenvalue weighted by Gasteiger charge is 2.08. The molecule has 5 heteroatoms. The molecule has 0 fully saturated rings. The molecule has 2 rings (SSSR count). The average molecular weight is 342 g/mol. The van der Waals surface area contributed by atoms with Crippen LogP contribution in [0.2, 0.25) is 0 Å². The molecule has 0 spiro atoms. The predicted molar refractivity (Wildman–Crippen MR) is 102 cm³/mol.